The van der Waals surface area contributed by atoms with Gasteiger partial charge in [0.25, 0.3) is 5.91 Å². The molecule has 1 fully saturated rings. The number of anilines is 1. The average molecular weight is 370 g/mol. The van der Waals surface area contributed by atoms with Crippen molar-refractivity contribution in [2.45, 2.75) is 0 Å². The van der Waals surface area contributed by atoms with Crippen LogP contribution in [0.25, 0.3) is 11.0 Å². The summed E-state index contributed by atoms with van der Waals surface area (Å²) < 4.78 is 5.65. The van der Waals surface area contributed by atoms with Gasteiger partial charge in [-0.15, -0.1) is 0 Å². The number of amides is 1. The first-order valence-electron chi connectivity index (χ1n) is 8.30. The van der Waals surface area contributed by atoms with Crippen LogP contribution >= 0.6 is 11.6 Å². The number of benzene rings is 1. The topological polar surface area (TPSA) is 66.7 Å². The van der Waals surface area contributed by atoms with Crippen molar-refractivity contribution >= 4 is 34.3 Å². The van der Waals surface area contributed by atoms with E-state index in [-0.39, 0.29) is 17.1 Å². The molecule has 0 bridgehead atoms. The molecule has 0 radical (unpaired) electrons. The Bertz CT molecular complexity index is 1010. The fraction of sp³-hybridized carbons (Fsp3) is 0.211. The molecule has 1 aromatic carbocycles. The summed E-state index contributed by atoms with van der Waals surface area (Å²) in [5, 5.41) is 0.823. The highest BCUT2D eigenvalue weighted by molar-refractivity contribution is 6.31. The van der Waals surface area contributed by atoms with E-state index in [9.17, 15) is 9.59 Å². The third-order valence-corrected chi connectivity index (χ3v) is 4.68. The summed E-state index contributed by atoms with van der Waals surface area (Å²) in [5.41, 5.74) is 0.0848. The summed E-state index contributed by atoms with van der Waals surface area (Å²) in [7, 11) is 0. The van der Waals surface area contributed by atoms with Gasteiger partial charge in [0, 0.05) is 43.5 Å². The second-order valence-corrected chi connectivity index (χ2v) is 6.52. The lowest BCUT2D eigenvalue weighted by Gasteiger charge is -2.35. The molecule has 0 N–H and O–H groups in total. The van der Waals surface area contributed by atoms with E-state index in [0.29, 0.717) is 42.2 Å². The van der Waals surface area contributed by atoms with Crippen molar-refractivity contribution in [3.05, 3.63) is 69.7 Å². The highest BCUT2D eigenvalue weighted by Crippen LogP contribution is 2.19. The first-order chi connectivity index (χ1) is 12.6. The maximum atomic E-state index is 12.7. The number of aromatic nitrogens is 1. The molecule has 0 unspecified atom stereocenters. The average Bonchev–Trinajstić information content (AvgIpc) is 2.68. The van der Waals surface area contributed by atoms with E-state index < -0.39 is 0 Å². The van der Waals surface area contributed by atoms with Gasteiger partial charge in [-0.05, 0) is 30.3 Å². The third kappa shape index (κ3) is 3.15. The zero-order valence-electron chi connectivity index (χ0n) is 13.9. The van der Waals surface area contributed by atoms with Crippen LogP contribution in [-0.4, -0.2) is 42.0 Å². The van der Waals surface area contributed by atoms with Gasteiger partial charge in [0.2, 0.25) is 0 Å². The summed E-state index contributed by atoms with van der Waals surface area (Å²) in [5.74, 6) is 0.671. The second kappa shape index (κ2) is 6.80. The number of carbonyl (C=O) groups is 1. The molecule has 6 nitrogen and oxygen atoms in total. The molecule has 0 atom stereocenters. The molecule has 0 aliphatic carbocycles. The van der Waals surface area contributed by atoms with Crippen LogP contribution in [0.5, 0.6) is 0 Å². The molecule has 0 spiro atoms. The maximum absolute atomic E-state index is 12.7. The van der Waals surface area contributed by atoms with E-state index >= 15 is 0 Å². The minimum absolute atomic E-state index is 0.0520. The molecule has 4 rings (SSSR count). The van der Waals surface area contributed by atoms with Gasteiger partial charge < -0.3 is 14.2 Å². The summed E-state index contributed by atoms with van der Waals surface area (Å²) in [6.45, 7) is 2.43. The Morgan fingerprint density at radius 2 is 1.88 bits per heavy atom. The Labute approximate surface area is 154 Å². The Morgan fingerprint density at radius 3 is 2.62 bits per heavy atom. The van der Waals surface area contributed by atoms with E-state index in [2.05, 4.69) is 9.88 Å². The van der Waals surface area contributed by atoms with Gasteiger partial charge in [-0.25, -0.2) is 4.98 Å². The summed E-state index contributed by atoms with van der Waals surface area (Å²) >= 11 is 5.91. The molecule has 1 amide bonds. The van der Waals surface area contributed by atoms with E-state index in [0.717, 1.165) is 5.82 Å². The van der Waals surface area contributed by atoms with Gasteiger partial charge in [-0.2, -0.15) is 0 Å². The first kappa shape index (κ1) is 16.6. The number of hydrogen-bond acceptors (Lipinski definition) is 5. The largest absolute Gasteiger partial charge is 0.451 e. The fourth-order valence-electron chi connectivity index (χ4n) is 3.07. The van der Waals surface area contributed by atoms with Crippen LogP contribution in [0.4, 0.5) is 5.82 Å². The van der Waals surface area contributed by atoms with Crippen LogP contribution < -0.4 is 10.3 Å². The van der Waals surface area contributed by atoms with Crippen LogP contribution in [0.15, 0.2) is 57.9 Å². The minimum Gasteiger partial charge on any atom is -0.451 e. The number of carbonyl (C=O) groups excluding carboxylic acids is 1. The van der Waals surface area contributed by atoms with Gasteiger partial charge >= 0.3 is 0 Å². The highest BCUT2D eigenvalue weighted by atomic mass is 35.5. The van der Waals surface area contributed by atoms with Crippen LogP contribution in [-0.2, 0) is 0 Å². The van der Waals surface area contributed by atoms with E-state index in [1.807, 2.05) is 18.2 Å². The van der Waals surface area contributed by atoms with Crippen molar-refractivity contribution in [1.82, 2.24) is 9.88 Å². The molecule has 1 saturated heterocycles. The van der Waals surface area contributed by atoms with Gasteiger partial charge in [-0.3, -0.25) is 9.59 Å². The molecule has 3 heterocycles. The number of halogens is 1. The molecular formula is C19H16ClN3O3. The van der Waals surface area contributed by atoms with Crippen molar-refractivity contribution in [2.24, 2.45) is 0 Å². The number of fused-ring (bicyclic) bond motifs is 1. The third-order valence-electron chi connectivity index (χ3n) is 4.44. The standard InChI is InChI=1S/C19H16ClN3O3/c20-13-4-5-16-14(11-13)15(24)12-17(26-16)19(25)23-9-7-22(8-10-23)18-3-1-2-6-21-18/h1-6,11-12H,7-10H2. The van der Waals surface area contributed by atoms with Crippen LogP contribution in [0.2, 0.25) is 5.02 Å². The van der Waals surface area contributed by atoms with Crippen molar-refractivity contribution in [2.75, 3.05) is 31.1 Å². The summed E-state index contributed by atoms with van der Waals surface area (Å²) in [4.78, 5) is 33.2. The summed E-state index contributed by atoms with van der Waals surface area (Å²) in [6.07, 6.45) is 1.75. The first-order valence-corrected chi connectivity index (χ1v) is 8.68. The molecule has 3 aromatic rings. The van der Waals surface area contributed by atoms with E-state index in [1.165, 1.54) is 6.07 Å². The quantitative estimate of drug-likeness (QED) is 0.695. The lowest BCUT2D eigenvalue weighted by Crippen LogP contribution is -2.49. The number of pyridine rings is 1. The van der Waals surface area contributed by atoms with Gasteiger partial charge in [0.15, 0.2) is 11.2 Å². The molecular weight excluding hydrogens is 354 g/mol. The molecule has 26 heavy (non-hydrogen) atoms. The number of piperazine rings is 1. The van der Waals surface area contributed by atoms with Crippen molar-refractivity contribution < 1.29 is 9.21 Å². The molecule has 1 aliphatic rings. The van der Waals surface area contributed by atoms with Crippen molar-refractivity contribution in [3.63, 3.8) is 0 Å². The second-order valence-electron chi connectivity index (χ2n) is 6.08. The molecule has 132 valence electrons. The van der Waals surface area contributed by atoms with E-state index in [4.69, 9.17) is 16.0 Å². The van der Waals surface area contributed by atoms with E-state index in [1.54, 1.807) is 29.3 Å². The monoisotopic (exact) mass is 369 g/mol. The molecule has 0 saturated carbocycles. The Hall–Kier alpha value is -2.86. The fourth-order valence-corrected chi connectivity index (χ4v) is 3.24. The smallest absolute Gasteiger partial charge is 0.289 e. The van der Waals surface area contributed by atoms with Crippen molar-refractivity contribution in [1.29, 1.82) is 0 Å². The van der Waals surface area contributed by atoms with Gasteiger partial charge in [0.05, 0.1) is 5.39 Å². The highest BCUT2D eigenvalue weighted by Gasteiger charge is 2.25. The van der Waals surface area contributed by atoms with Gasteiger partial charge in [-0.1, -0.05) is 17.7 Å². The Balaban J connectivity index is 1.53. The number of nitrogens with zero attached hydrogens (tertiary/aromatic N) is 3. The zero-order valence-corrected chi connectivity index (χ0v) is 14.6. The van der Waals surface area contributed by atoms with Crippen molar-refractivity contribution in [3.8, 4) is 0 Å². The Morgan fingerprint density at radius 1 is 1.08 bits per heavy atom. The normalized spacial score (nSPS) is 14.7. The number of hydrogen-bond donors (Lipinski definition) is 0. The van der Waals surface area contributed by atoms with Gasteiger partial charge in [0.1, 0.15) is 11.4 Å². The molecule has 1 aliphatic heterocycles. The zero-order chi connectivity index (χ0) is 18.1. The van der Waals surface area contributed by atoms with Crippen LogP contribution in [0.3, 0.4) is 0 Å². The predicted molar refractivity (Wildman–Crippen MR) is 99.8 cm³/mol. The van der Waals surface area contributed by atoms with Crippen LogP contribution in [0.1, 0.15) is 10.6 Å². The molecule has 2 aromatic heterocycles. The van der Waals surface area contributed by atoms with Crippen LogP contribution in [0, 0.1) is 0 Å². The maximum Gasteiger partial charge on any atom is 0.289 e. The minimum atomic E-state index is -0.278. The lowest BCUT2D eigenvalue weighted by atomic mass is 10.2. The Kier molecular flexibility index (Phi) is 4.34. The lowest BCUT2D eigenvalue weighted by molar-refractivity contribution is 0.0715. The summed E-state index contributed by atoms with van der Waals surface area (Å²) in [6, 6.07) is 11.8. The molecule has 7 heteroatoms. The number of rotatable bonds is 2. The SMILES string of the molecule is O=C(c1cc(=O)c2cc(Cl)ccc2o1)N1CCN(c2ccccn2)CC1. The predicted octanol–water partition coefficient (Wildman–Crippen LogP) is 2.80.